The van der Waals surface area contributed by atoms with Crippen LogP contribution in [-0.2, 0) is 9.53 Å². The van der Waals surface area contributed by atoms with Crippen molar-refractivity contribution in [3.63, 3.8) is 0 Å². The van der Waals surface area contributed by atoms with Crippen LogP contribution in [0.25, 0.3) is 0 Å². The van der Waals surface area contributed by atoms with Crippen LogP contribution in [-0.4, -0.2) is 25.8 Å². The molecular formula is C20H39NO2. The van der Waals surface area contributed by atoms with Gasteiger partial charge in [0.2, 0.25) is 0 Å². The Morgan fingerprint density at radius 3 is 1.65 bits per heavy atom. The standard InChI is InChI=1S/C20H39NO2/c1-3-4-5-6-7-8-9-10-11-12-13-14-15-16-18-21-19-17-20(22)23-2/h19H,3-18H2,1-2H3. The Hall–Kier alpha value is -0.860. The Bertz CT molecular complexity index is 277. The number of methoxy groups -OCH3 is 1. The van der Waals surface area contributed by atoms with Crippen molar-refractivity contribution in [1.82, 2.24) is 0 Å². The molecule has 0 fully saturated rings. The van der Waals surface area contributed by atoms with E-state index < -0.39 is 0 Å². The van der Waals surface area contributed by atoms with E-state index in [1.807, 2.05) is 0 Å². The number of carbonyl (C=O) groups excluding carboxylic acids is 1. The number of ether oxygens (including phenoxy) is 1. The van der Waals surface area contributed by atoms with Crippen LogP contribution in [0.5, 0.6) is 0 Å². The van der Waals surface area contributed by atoms with Gasteiger partial charge in [0, 0.05) is 12.8 Å². The first-order valence-corrected chi connectivity index (χ1v) is 9.86. The second-order valence-electron chi connectivity index (χ2n) is 6.47. The lowest BCUT2D eigenvalue weighted by atomic mass is 10.0. The van der Waals surface area contributed by atoms with Crippen molar-refractivity contribution >= 4 is 12.2 Å². The molecule has 0 radical (unpaired) electrons. The summed E-state index contributed by atoms with van der Waals surface area (Å²) in [6, 6.07) is 0. The number of nitrogens with zero attached hydrogens (tertiary/aromatic N) is 1. The molecular weight excluding hydrogens is 286 g/mol. The SMILES string of the molecule is CCCCCCCCCCCCCCCCN=CCC(=O)OC. The fourth-order valence-electron chi connectivity index (χ4n) is 2.71. The molecule has 0 aromatic rings. The first kappa shape index (κ1) is 22.1. The summed E-state index contributed by atoms with van der Waals surface area (Å²) in [4.78, 5) is 15.1. The Kier molecular flexibility index (Phi) is 18.5. The van der Waals surface area contributed by atoms with Crippen molar-refractivity contribution in [2.24, 2.45) is 4.99 Å². The molecule has 0 heterocycles. The van der Waals surface area contributed by atoms with E-state index in [0.29, 0.717) is 6.42 Å². The summed E-state index contributed by atoms with van der Waals surface area (Å²) in [6.45, 7) is 3.12. The molecule has 0 spiro atoms. The van der Waals surface area contributed by atoms with Crippen LogP contribution < -0.4 is 0 Å². The second kappa shape index (κ2) is 19.2. The monoisotopic (exact) mass is 325 g/mol. The minimum Gasteiger partial charge on any atom is -0.469 e. The summed E-state index contributed by atoms with van der Waals surface area (Å²) in [6.07, 6.45) is 21.2. The van der Waals surface area contributed by atoms with Gasteiger partial charge in [0.15, 0.2) is 0 Å². The van der Waals surface area contributed by atoms with E-state index in [1.165, 1.54) is 90.6 Å². The van der Waals surface area contributed by atoms with Crippen molar-refractivity contribution in [2.75, 3.05) is 13.7 Å². The maximum Gasteiger partial charge on any atom is 0.310 e. The number of hydrogen-bond donors (Lipinski definition) is 0. The van der Waals surface area contributed by atoms with E-state index in [-0.39, 0.29) is 5.97 Å². The highest BCUT2D eigenvalue weighted by atomic mass is 16.5. The molecule has 0 aromatic heterocycles. The largest absolute Gasteiger partial charge is 0.469 e. The molecule has 0 bridgehead atoms. The molecule has 3 nitrogen and oxygen atoms in total. The average Bonchev–Trinajstić information content (AvgIpc) is 2.57. The highest BCUT2D eigenvalue weighted by Crippen LogP contribution is 2.12. The van der Waals surface area contributed by atoms with Gasteiger partial charge in [-0.05, 0) is 6.42 Å². The Labute approximate surface area is 144 Å². The van der Waals surface area contributed by atoms with Crippen molar-refractivity contribution in [3.05, 3.63) is 0 Å². The normalized spacial score (nSPS) is 11.2. The van der Waals surface area contributed by atoms with E-state index >= 15 is 0 Å². The Morgan fingerprint density at radius 2 is 1.22 bits per heavy atom. The van der Waals surface area contributed by atoms with Gasteiger partial charge in [-0.3, -0.25) is 9.79 Å². The van der Waals surface area contributed by atoms with Gasteiger partial charge in [-0.25, -0.2) is 0 Å². The fraction of sp³-hybridized carbons (Fsp3) is 0.900. The van der Waals surface area contributed by atoms with Crippen molar-refractivity contribution in [1.29, 1.82) is 0 Å². The molecule has 136 valence electrons. The summed E-state index contributed by atoms with van der Waals surface area (Å²) >= 11 is 0. The number of hydrogen-bond acceptors (Lipinski definition) is 3. The summed E-state index contributed by atoms with van der Waals surface area (Å²) < 4.78 is 4.55. The minimum atomic E-state index is -0.213. The number of unbranched alkanes of at least 4 members (excludes halogenated alkanes) is 13. The van der Waals surface area contributed by atoms with Crippen molar-refractivity contribution in [2.45, 2.75) is 103 Å². The van der Waals surface area contributed by atoms with E-state index in [2.05, 4.69) is 16.7 Å². The van der Waals surface area contributed by atoms with Crippen molar-refractivity contribution in [3.8, 4) is 0 Å². The summed E-state index contributed by atoms with van der Waals surface area (Å²) in [5, 5.41) is 0. The number of rotatable bonds is 17. The molecule has 3 heteroatoms. The molecule has 0 rings (SSSR count). The molecule has 0 N–H and O–H groups in total. The van der Waals surface area contributed by atoms with E-state index in [0.717, 1.165) is 13.0 Å². The zero-order valence-corrected chi connectivity index (χ0v) is 15.7. The van der Waals surface area contributed by atoms with Crippen molar-refractivity contribution < 1.29 is 9.53 Å². The third-order valence-electron chi connectivity index (χ3n) is 4.26. The first-order valence-electron chi connectivity index (χ1n) is 9.86. The van der Waals surface area contributed by atoms with Crippen LogP contribution in [0.1, 0.15) is 103 Å². The van der Waals surface area contributed by atoms with Crippen LogP contribution in [0.3, 0.4) is 0 Å². The second-order valence-corrected chi connectivity index (χ2v) is 6.47. The summed E-state index contributed by atoms with van der Waals surface area (Å²) in [7, 11) is 1.41. The highest BCUT2D eigenvalue weighted by Gasteiger charge is 1.95. The van der Waals surface area contributed by atoms with Gasteiger partial charge in [-0.1, -0.05) is 90.4 Å². The number of esters is 1. The van der Waals surface area contributed by atoms with Gasteiger partial charge in [0.05, 0.1) is 13.5 Å². The van der Waals surface area contributed by atoms with Gasteiger partial charge in [0.1, 0.15) is 0 Å². The van der Waals surface area contributed by atoms with Gasteiger partial charge in [0.25, 0.3) is 0 Å². The quantitative estimate of drug-likeness (QED) is 0.184. The third-order valence-corrected chi connectivity index (χ3v) is 4.26. The van der Waals surface area contributed by atoms with Gasteiger partial charge in [-0.2, -0.15) is 0 Å². The predicted molar refractivity (Wildman–Crippen MR) is 100 cm³/mol. The molecule has 0 aliphatic rings. The molecule has 0 atom stereocenters. The molecule has 0 aliphatic carbocycles. The lowest BCUT2D eigenvalue weighted by molar-refractivity contribution is -0.139. The summed E-state index contributed by atoms with van der Waals surface area (Å²) in [5.74, 6) is -0.213. The third kappa shape index (κ3) is 19.1. The molecule has 0 amide bonds. The molecule has 0 aromatic carbocycles. The lowest BCUT2D eigenvalue weighted by Crippen LogP contribution is -2.00. The highest BCUT2D eigenvalue weighted by molar-refractivity contribution is 5.85. The maximum atomic E-state index is 10.9. The van der Waals surface area contributed by atoms with E-state index in [4.69, 9.17) is 0 Å². The first-order chi connectivity index (χ1) is 11.3. The zero-order chi connectivity index (χ0) is 17.0. The topological polar surface area (TPSA) is 38.7 Å². The van der Waals surface area contributed by atoms with Crippen LogP contribution in [0.2, 0.25) is 0 Å². The minimum absolute atomic E-state index is 0.213. The maximum absolute atomic E-state index is 10.9. The fourth-order valence-corrected chi connectivity index (χ4v) is 2.71. The van der Waals surface area contributed by atoms with Crippen LogP contribution in [0, 0.1) is 0 Å². The van der Waals surface area contributed by atoms with Gasteiger partial charge < -0.3 is 4.74 Å². The van der Waals surface area contributed by atoms with Crippen LogP contribution in [0.15, 0.2) is 4.99 Å². The molecule has 0 unspecified atom stereocenters. The van der Waals surface area contributed by atoms with E-state index in [1.54, 1.807) is 6.21 Å². The van der Waals surface area contributed by atoms with Gasteiger partial charge in [-0.15, -0.1) is 0 Å². The molecule has 0 saturated carbocycles. The Balaban J connectivity index is 3.06. The zero-order valence-electron chi connectivity index (χ0n) is 15.7. The smallest absolute Gasteiger partial charge is 0.310 e. The van der Waals surface area contributed by atoms with Gasteiger partial charge >= 0.3 is 5.97 Å². The molecule has 0 saturated heterocycles. The molecule has 0 aliphatic heterocycles. The predicted octanol–water partition coefficient (Wildman–Crippen LogP) is 6.10. The average molecular weight is 326 g/mol. The van der Waals surface area contributed by atoms with E-state index in [9.17, 15) is 4.79 Å². The molecule has 23 heavy (non-hydrogen) atoms. The Morgan fingerprint density at radius 1 is 0.783 bits per heavy atom. The van der Waals surface area contributed by atoms with Crippen LogP contribution >= 0.6 is 0 Å². The van der Waals surface area contributed by atoms with Crippen LogP contribution in [0.4, 0.5) is 0 Å². The summed E-state index contributed by atoms with van der Waals surface area (Å²) in [5.41, 5.74) is 0. The number of carbonyl (C=O) groups is 1. The lowest BCUT2D eigenvalue weighted by Gasteiger charge is -2.02. The number of aliphatic imine (C=N–C) groups is 1.